The summed E-state index contributed by atoms with van der Waals surface area (Å²) in [4.78, 5) is 28.8. The van der Waals surface area contributed by atoms with Crippen LogP contribution >= 0.6 is 0 Å². The van der Waals surface area contributed by atoms with Crippen LogP contribution in [0.2, 0.25) is 0 Å². The summed E-state index contributed by atoms with van der Waals surface area (Å²) in [6, 6.07) is 14.4. The van der Waals surface area contributed by atoms with Crippen molar-refractivity contribution >= 4 is 28.3 Å². The van der Waals surface area contributed by atoms with Crippen LogP contribution in [0.5, 0.6) is 5.75 Å². The second-order valence-electron chi connectivity index (χ2n) is 11.5. The molecule has 3 fully saturated rings. The molecular formula is C36H54N6O4. The highest BCUT2D eigenvalue weighted by molar-refractivity contribution is 5.89. The molecule has 0 saturated carbocycles. The van der Waals surface area contributed by atoms with E-state index in [4.69, 9.17) is 9.47 Å². The lowest BCUT2D eigenvalue weighted by molar-refractivity contribution is 0.122. The molecule has 0 aliphatic carbocycles. The molecule has 2 N–H and O–H groups in total. The van der Waals surface area contributed by atoms with Gasteiger partial charge in [-0.3, -0.25) is 4.90 Å². The number of likely N-dealkylation sites (tertiary alicyclic amines) is 2. The number of benzene rings is 2. The van der Waals surface area contributed by atoms with E-state index in [0.717, 1.165) is 105 Å². The molecule has 3 aliphatic heterocycles. The second kappa shape index (κ2) is 18.6. The molecule has 0 spiro atoms. The van der Waals surface area contributed by atoms with Crippen molar-refractivity contribution in [3.8, 4) is 5.75 Å². The average molecular weight is 635 g/mol. The number of amides is 2. The van der Waals surface area contributed by atoms with E-state index in [-0.39, 0.29) is 18.6 Å². The Kier molecular flexibility index (Phi) is 14.3. The van der Waals surface area contributed by atoms with Crippen LogP contribution in [-0.4, -0.2) is 103 Å². The Labute approximate surface area is 275 Å². The molecule has 10 heteroatoms. The minimum atomic E-state index is -0.0569. The molecule has 46 heavy (non-hydrogen) atoms. The number of hydrogen-bond acceptors (Lipinski definition) is 8. The number of rotatable bonds is 9. The Balaban J connectivity index is 0.00000116. The zero-order valence-corrected chi connectivity index (χ0v) is 28.3. The molecule has 252 valence electrons. The summed E-state index contributed by atoms with van der Waals surface area (Å²) in [5, 5.41) is 13.6. The van der Waals surface area contributed by atoms with E-state index in [1.807, 2.05) is 56.9 Å². The van der Waals surface area contributed by atoms with E-state index in [2.05, 4.69) is 43.3 Å². The molecule has 3 aromatic rings. The number of morpholine rings is 1. The summed E-state index contributed by atoms with van der Waals surface area (Å²) in [5.74, 6) is 1.09. The molecule has 0 radical (unpaired) electrons. The summed E-state index contributed by atoms with van der Waals surface area (Å²) < 4.78 is 11.5. The first-order valence-electron chi connectivity index (χ1n) is 17.4. The van der Waals surface area contributed by atoms with Crippen molar-refractivity contribution < 1.29 is 19.4 Å². The molecule has 2 aromatic carbocycles. The summed E-state index contributed by atoms with van der Waals surface area (Å²) in [6.45, 7) is 15.5. The van der Waals surface area contributed by atoms with Gasteiger partial charge in [-0.15, -0.1) is 0 Å². The quantitative estimate of drug-likeness (QED) is 0.270. The van der Waals surface area contributed by atoms with Crippen LogP contribution < -0.4 is 15.0 Å². The summed E-state index contributed by atoms with van der Waals surface area (Å²) >= 11 is 0. The fourth-order valence-electron chi connectivity index (χ4n) is 6.46. The number of hydrogen-bond donors (Lipinski definition) is 2. The maximum absolute atomic E-state index is 13.0. The number of nitrogens with one attached hydrogen (secondary N) is 1. The first-order valence-corrected chi connectivity index (χ1v) is 17.4. The fourth-order valence-corrected chi connectivity index (χ4v) is 6.46. The number of aliphatic hydroxyl groups excluding tert-OH is 1. The van der Waals surface area contributed by atoms with Crippen LogP contribution in [0, 0.1) is 0 Å². The van der Waals surface area contributed by atoms with Gasteiger partial charge >= 0.3 is 6.03 Å². The number of aliphatic hydroxyl groups is 1. The van der Waals surface area contributed by atoms with Gasteiger partial charge in [0.05, 0.1) is 37.6 Å². The van der Waals surface area contributed by atoms with Crippen molar-refractivity contribution in [3.05, 3.63) is 54.5 Å². The van der Waals surface area contributed by atoms with Crippen molar-refractivity contribution in [1.82, 2.24) is 19.8 Å². The number of carbonyl (C=O) groups excluding carboxylic acids is 1. The number of anilines is 2. The first-order chi connectivity index (χ1) is 22.7. The Morgan fingerprint density at radius 2 is 1.70 bits per heavy atom. The van der Waals surface area contributed by atoms with Gasteiger partial charge in [0.1, 0.15) is 12.1 Å². The third kappa shape index (κ3) is 9.30. The molecule has 6 rings (SSSR count). The zero-order chi connectivity index (χ0) is 32.7. The second-order valence-corrected chi connectivity index (χ2v) is 11.5. The summed E-state index contributed by atoms with van der Waals surface area (Å²) in [5.41, 5.74) is 3.90. The van der Waals surface area contributed by atoms with Crippen LogP contribution in [0.25, 0.3) is 10.9 Å². The maximum Gasteiger partial charge on any atom is 0.321 e. The lowest BCUT2D eigenvalue weighted by Gasteiger charge is -2.32. The van der Waals surface area contributed by atoms with E-state index < -0.39 is 0 Å². The van der Waals surface area contributed by atoms with Crippen molar-refractivity contribution in [1.29, 1.82) is 0 Å². The number of ether oxygens (including phenoxy) is 2. The molecule has 2 amide bonds. The van der Waals surface area contributed by atoms with E-state index in [1.54, 1.807) is 6.33 Å². The maximum atomic E-state index is 13.0. The monoisotopic (exact) mass is 634 g/mol. The molecule has 1 aromatic heterocycles. The van der Waals surface area contributed by atoms with Gasteiger partial charge in [0.2, 0.25) is 0 Å². The van der Waals surface area contributed by atoms with Crippen molar-refractivity contribution in [2.45, 2.75) is 71.8 Å². The number of piperidine rings is 1. The number of carbonyl (C=O) groups is 1. The molecular weight excluding hydrogens is 580 g/mol. The van der Waals surface area contributed by atoms with Crippen molar-refractivity contribution in [2.24, 2.45) is 0 Å². The van der Waals surface area contributed by atoms with Gasteiger partial charge in [-0.1, -0.05) is 27.7 Å². The smallest absolute Gasteiger partial charge is 0.321 e. The van der Waals surface area contributed by atoms with Crippen LogP contribution in [0.3, 0.4) is 0 Å². The molecule has 1 atom stereocenters. The highest BCUT2D eigenvalue weighted by Crippen LogP contribution is 2.32. The van der Waals surface area contributed by atoms with Crippen molar-refractivity contribution in [2.75, 3.05) is 75.9 Å². The molecule has 3 saturated heterocycles. The predicted octanol–water partition coefficient (Wildman–Crippen LogP) is 6.16. The lowest BCUT2D eigenvalue weighted by Crippen LogP contribution is -2.40. The van der Waals surface area contributed by atoms with E-state index >= 15 is 0 Å². The van der Waals surface area contributed by atoms with Gasteiger partial charge < -0.3 is 29.7 Å². The van der Waals surface area contributed by atoms with E-state index in [0.29, 0.717) is 25.7 Å². The van der Waals surface area contributed by atoms with Crippen LogP contribution in [0.4, 0.5) is 16.2 Å². The fraction of sp³-hybridized carbons (Fsp3) is 0.583. The number of aromatic nitrogens is 2. The topological polar surface area (TPSA) is 103 Å². The first kappa shape index (κ1) is 35.4. The summed E-state index contributed by atoms with van der Waals surface area (Å²) in [6.07, 6.45) is 6.54. The van der Waals surface area contributed by atoms with Gasteiger partial charge in [0.25, 0.3) is 0 Å². The predicted molar refractivity (Wildman–Crippen MR) is 186 cm³/mol. The Morgan fingerprint density at radius 3 is 2.41 bits per heavy atom. The van der Waals surface area contributed by atoms with E-state index in [9.17, 15) is 9.90 Å². The minimum Gasteiger partial charge on any atom is -0.493 e. The Bertz CT molecular complexity index is 1330. The third-order valence-corrected chi connectivity index (χ3v) is 8.87. The lowest BCUT2D eigenvalue weighted by atomic mass is 9.91. The zero-order valence-electron chi connectivity index (χ0n) is 28.3. The normalized spacial score (nSPS) is 18.8. The highest BCUT2D eigenvalue weighted by atomic mass is 16.5. The molecule has 0 bridgehead atoms. The van der Waals surface area contributed by atoms with Gasteiger partial charge in [0, 0.05) is 67.5 Å². The number of fused-ring (bicyclic) bond motifs is 1. The molecule has 10 nitrogen and oxygen atoms in total. The molecule has 0 unspecified atom stereocenters. The average Bonchev–Trinajstić information content (AvgIpc) is 3.60. The van der Waals surface area contributed by atoms with Crippen LogP contribution in [0.1, 0.15) is 71.4 Å². The molecule has 4 heterocycles. The van der Waals surface area contributed by atoms with Crippen molar-refractivity contribution in [3.63, 3.8) is 0 Å². The van der Waals surface area contributed by atoms with Gasteiger partial charge in [-0.25, -0.2) is 14.8 Å². The number of nitrogens with zero attached hydrogens (tertiary/aromatic N) is 5. The Hall–Kier alpha value is -3.47. The highest BCUT2D eigenvalue weighted by Gasteiger charge is 2.26. The SMILES string of the molecule is CC.CC.O=C(Nc1ccc(N2CCOCC2)cc1)N1CCC(c2ncnc3cc(OCCCN4CCC[C@H]4CO)ccc23)CC1. The third-order valence-electron chi connectivity index (χ3n) is 8.87. The van der Waals surface area contributed by atoms with E-state index in [1.165, 1.54) is 0 Å². The van der Waals surface area contributed by atoms with Gasteiger partial charge in [-0.2, -0.15) is 0 Å². The molecule has 3 aliphatic rings. The Morgan fingerprint density at radius 1 is 0.957 bits per heavy atom. The largest absolute Gasteiger partial charge is 0.493 e. The number of urea groups is 1. The van der Waals surface area contributed by atoms with Gasteiger partial charge in [-0.05, 0) is 75.0 Å². The minimum absolute atomic E-state index is 0.0569. The standard InChI is InChI=1S/C32H42N6O4.2C2H6/c39-22-27-3-1-12-36(27)13-2-18-42-28-8-9-29-30(21-28)33-23-34-31(29)24-10-14-38(15-11-24)32(40)35-25-4-6-26(7-5-25)37-16-19-41-20-17-37;2*1-2/h4-9,21,23-24,27,39H,1-3,10-20,22H2,(H,35,40);2*1-2H3/t27-;;/m0../s1. The van der Waals surface area contributed by atoms with Gasteiger partial charge in [0.15, 0.2) is 0 Å². The summed E-state index contributed by atoms with van der Waals surface area (Å²) in [7, 11) is 0. The van der Waals surface area contributed by atoms with Crippen LogP contribution in [-0.2, 0) is 4.74 Å². The van der Waals surface area contributed by atoms with Crippen LogP contribution in [0.15, 0.2) is 48.8 Å².